The van der Waals surface area contributed by atoms with Crippen molar-refractivity contribution in [1.29, 1.82) is 0 Å². The summed E-state index contributed by atoms with van der Waals surface area (Å²) in [5.74, 6) is -2.40. The molecule has 0 aromatic carbocycles. The molecule has 0 saturated carbocycles. The van der Waals surface area contributed by atoms with Crippen molar-refractivity contribution in [2.24, 2.45) is 0 Å². The third kappa shape index (κ3) is 3.46. The Balaban J connectivity index is 2.97. The molecule has 18 heavy (non-hydrogen) atoms. The van der Waals surface area contributed by atoms with Crippen LogP contribution in [0.1, 0.15) is 26.7 Å². The fourth-order valence-corrected chi connectivity index (χ4v) is 1.70. The van der Waals surface area contributed by atoms with Crippen LogP contribution in [0.5, 0.6) is 0 Å². The van der Waals surface area contributed by atoms with Gasteiger partial charge < -0.3 is 19.3 Å². The van der Waals surface area contributed by atoms with Gasteiger partial charge in [-0.25, -0.2) is 9.59 Å². The number of aliphatic hydroxyl groups excluding tert-OH is 1. The van der Waals surface area contributed by atoms with Crippen LogP contribution in [0.2, 0.25) is 0 Å². The van der Waals surface area contributed by atoms with E-state index in [9.17, 15) is 14.7 Å². The molecule has 1 atom stereocenters. The Bertz CT molecular complexity index is 340. The van der Waals surface area contributed by atoms with Gasteiger partial charge in [0.15, 0.2) is 0 Å². The molecule has 1 aliphatic heterocycles. The van der Waals surface area contributed by atoms with Crippen LogP contribution >= 0.6 is 0 Å². The molecule has 102 valence electrons. The average molecular weight is 258 g/mol. The van der Waals surface area contributed by atoms with Crippen molar-refractivity contribution >= 4 is 11.9 Å². The van der Waals surface area contributed by atoms with Gasteiger partial charge in [0.25, 0.3) is 0 Å². The molecule has 0 aromatic rings. The molecular formula is C12H18O6. The first-order chi connectivity index (χ1) is 8.61. The Hall–Kier alpha value is -1.56. The number of ether oxygens (including phenoxy) is 3. The second-order valence-electron chi connectivity index (χ2n) is 3.70. The van der Waals surface area contributed by atoms with Crippen LogP contribution in [-0.4, -0.2) is 43.0 Å². The summed E-state index contributed by atoms with van der Waals surface area (Å²) in [6.45, 7) is 4.02. The molecule has 1 N–H and O–H groups in total. The molecule has 1 saturated heterocycles. The first kappa shape index (κ1) is 14.5. The van der Waals surface area contributed by atoms with Crippen molar-refractivity contribution in [3.63, 3.8) is 0 Å². The number of rotatable bonds is 5. The lowest BCUT2D eigenvalue weighted by atomic mass is 10.1. The Morgan fingerprint density at radius 3 is 2.33 bits per heavy atom. The van der Waals surface area contributed by atoms with E-state index in [1.54, 1.807) is 13.8 Å². The molecule has 1 unspecified atom stereocenters. The Morgan fingerprint density at radius 1 is 1.22 bits per heavy atom. The van der Waals surface area contributed by atoms with Gasteiger partial charge in [0, 0.05) is 6.61 Å². The number of esters is 2. The van der Waals surface area contributed by atoms with Crippen LogP contribution < -0.4 is 0 Å². The van der Waals surface area contributed by atoms with Crippen molar-refractivity contribution < 1.29 is 28.9 Å². The third-order valence-electron chi connectivity index (χ3n) is 2.47. The molecule has 0 bridgehead atoms. The van der Waals surface area contributed by atoms with Crippen LogP contribution in [0, 0.1) is 0 Å². The van der Waals surface area contributed by atoms with Crippen molar-refractivity contribution in [3.8, 4) is 0 Å². The topological polar surface area (TPSA) is 82.1 Å². The summed E-state index contributed by atoms with van der Waals surface area (Å²) in [6, 6.07) is 0. The molecule has 1 heterocycles. The highest BCUT2D eigenvalue weighted by Gasteiger charge is 2.32. The van der Waals surface area contributed by atoms with E-state index in [4.69, 9.17) is 9.47 Å². The normalized spacial score (nSPS) is 20.2. The second kappa shape index (κ2) is 7.00. The SMILES string of the molecule is CCOC(=O)/C(O)=C(/C(=O)OCC)C1CCCO1. The fourth-order valence-electron chi connectivity index (χ4n) is 1.70. The quantitative estimate of drug-likeness (QED) is 0.452. The molecule has 0 aliphatic carbocycles. The van der Waals surface area contributed by atoms with Crippen LogP contribution in [0.15, 0.2) is 11.3 Å². The van der Waals surface area contributed by atoms with E-state index in [-0.39, 0.29) is 18.8 Å². The highest BCUT2D eigenvalue weighted by Crippen LogP contribution is 2.23. The van der Waals surface area contributed by atoms with Crippen LogP contribution in [0.4, 0.5) is 0 Å². The summed E-state index contributed by atoms with van der Waals surface area (Å²) < 4.78 is 14.8. The first-order valence-electron chi connectivity index (χ1n) is 6.00. The monoisotopic (exact) mass is 258 g/mol. The third-order valence-corrected chi connectivity index (χ3v) is 2.47. The van der Waals surface area contributed by atoms with E-state index in [0.29, 0.717) is 13.0 Å². The molecule has 1 fully saturated rings. The minimum atomic E-state index is -0.934. The lowest BCUT2D eigenvalue weighted by Gasteiger charge is -2.14. The van der Waals surface area contributed by atoms with Gasteiger partial charge in [-0.3, -0.25) is 0 Å². The molecule has 0 aromatic heterocycles. The predicted molar refractivity (Wildman–Crippen MR) is 61.9 cm³/mol. The molecule has 6 nitrogen and oxygen atoms in total. The largest absolute Gasteiger partial charge is 0.501 e. The zero-order valence-electron chi connectivity index (χ0n) is 10.6. The molecule has 1 aliphatic rings. The van der Waals surface area contributed by atoms with Crippen molar-refractivity contribution in [2.45, 2.75) is 32.8 Å². The number of hydrogen-bond donors (Lipinski definition) is 1. The van der Waals surface area contributed by atoms with E-state index >= 15 is 0 Å². The number of aliphatic hydroxyl groups is 1. The van der Waals surface area contributed by atoms with Crippen molar-refractivity contribution in [1.82, 2.24) is 0 Å². The van der Waals surface area contributed by atoms with Crippen molar-refractivity contribution in [2.75, 3.05) is 19.8 Å². The lowest BCUT2D eigenvalue weighted by Crippen LogP contribution is -2.25. The van der Waals surface area contributed by atoms with E-state index in [1.807, 2.05) is 0 Å². The van der Waals surface area contributed by atoms with E-state index in [1.165, 1.54) is 0 Å². The molecular weight excluding hydrogens is 240 g/mol. The zero-order valence-corrected chi connectivity index (χ0v) is 10.6. The Labute approximate surface area is 106 Å². The summed E-state index contributed by atoms with van der Waals surface area (Å²) in [5, 5.41) is 9.79. The van der Waals surface area contributed by atoms with Gasteiger partial charge in [-0.1, -0.05) is 0 Å². The van der Waals surface area contributed by atoms with Crippen LogP contribution in [0.25, 0.3) is 0 Å². The number of carbonyl (C=O) groups is 2. The Morgan fingerprint density at radius 2 is 1.83 bits per heavy atom. The van der Waals surface area contributed by atoms with E-state index in [0.717, 1.165) is 6.42 Å². The van der Waals surface area contributed by atoms with E-state index in [2.05, 4.69) is 4.74 Å². The summed E-state index contributed by atoms with van der Waals surface area (Å²) in [6.07, 6.45) is 0.731. The van der Waals surface area contributed by atoms with E-state index < -0.39 is 23.8 Å². The van der Waals surface area contributed by atoms with Crippen molar-refractivity contribution in [3.05, 3.63) is 11.3 Å². The molecule has 0 spiro atoms. The molecule has 1 rings (SSSR count). The molecule has 0 amide bonds. The molecule has 6 heteroatoms. The fraction of sp³-hybridized carbons (Fsp3) is 0.667. The van der Waals surface area contributed by atoms with Gasteiger partial charge in [0.1, 0.15) is 5.57 Å². The summed E-state index contributed by atoms with van der Waals surface area (Å²) in [7, 11) is 0. The average Bonchev–Trinajstić information content (AvgIpc) is 2.83. The van der Waals surface area contributed by atoms with Gasteiger partial charge in [-0.15, -0.1) is 0 Å². The van der Waals surface area contributed by atoms with Gasteiger partial charge in [-0.2, -0.15) is 0 Å². The summed E-state index contributed by atoms with van der Waals surface area (Å²) in [4.78, 5) is 23.2. The van der Waals surface area contributed by atoms with Crippen LogP contribution in [-0.2, 0) is 23.8 Å². The van der Waals surface area contributed by atoms with Gasteiger partial charge in [0.05, 0.1) is 19.3 Å². The van der Waals surface area contributed by atoms with Gasteiger partial charge in [0.2, 0.25) is 5.76 Å². The maximum Gasteiger partial charge on any atom is 0.374 e. The number of carbonyl (C=O) groups excluding carboxylic acids is 2. The highest BCUT2D eigenvalue weighted by atomic mass is 16.6. The van der Waals surface area contributed by atoms with Gasteiger partial charge in [-0.05, 0) is 26.7 Å². The van der Waals surface area contributed by atoms with Gasteiger partial charge >= 0.3 is 11.9 Å². The minimum absolute atomic E-state index is 0.116. The standard InChI is InChI=1S/C12H18O6/c1-3-16-11(14)9(8-6-5-7-18-8)10(13)12(15)17-4-2/h8,13H,3-7H2,1-2H3/b10-9-. The lowest BCUT2D eigenvalue weighted by molar-refractivity contribution is -0.145. The van der Waals surface area contributed by atoms with Crippen LogP contribution in [0.3, 0.4) is 0 Å². The maximum absolute atomic E-state index is 11.8. The predicted octanol–water partition coefficient (Wildman–Crippen LogP) is 1.10. The summed E-state index contributed by atoms with van der Waals surface area (Å²) >= 11 is 0. The zero-order chi connectivity index (χ0) is 13.5. The number of hydrogen-bond acceptors (Lipinski definition) is 6. The first-order valence-corrected chi connectivity index (χ1v) is 6.00. The maximum atomic E-state index is 11.8. The second-order valence-corrected chi connectivity index (χ2v) is 3.70. The molecule has 0 radical (unpaired) electrons. The minimum Gasteiger partial charge on any atom is -0.501 e. The smallest absolute Gasteiger partial charge is 0.374 e. The highest BCUT2D eigenvalue weighted by molar-refractivity contribution is 5.99. The Kier molecular flexibility index (Phi) is 5.64. The summed E-state index contributed by atoms with van der Waals surface area (Å²) in [5.41, 5.74) is -0.146.